The first-order valence-electron chi connectivity index (χ1n) is 6.95. The molecule has 0 atom stereocenters. The van der Waals surface area contributed by atoms with Crippen molar-refractivity contribution in [1.29, 1.82) is 0 Å². The van der Waals surface area contributed by atoms with E-state index in [-0.39, 0.29) is 21.3 Å². The van der Waals surface area contributed by atoms with Crippen molar-refractivity contribution < 1.29 is 22.8 Å². The minimum absolute atomic E-state index is 0.0397. The molecule has 0 bridgehead atoms. The van der Waals surface area contributed by atoms with Gasteiger partial charge in [0.2, 0.25) is 0 Å². The van der Waals surface area contributed by atoms with Crippen molar-refractivity contribution in [2.45, 2.75) is 6.18 Å². The number of amides is 2. The van der Waals surface area contributed by atoms with Crippen molar-refractivity contribution in [3.05, 3.63) is 63.6 Å². The quantitative estimate of drug-likeness (QED) is 0.460. The number of benzene rings is 2. The largest absolute Gasteiger partial charge is 0.417 e. The summed E-state index contributed by atoms with van der Waals surface area (Å²) in [5, 5.41) is 5.80. The Kier molecular flexibility index (Phi) is 6.23. The third-order valence-electron chi connectivity index (χ3n) is 3.04. The molecule has 2 amide bonds. The third-order valence-corrected chi connectivity index (χ3v) is 3.86. The smallest absolute Gasteiger partial charge is 0.316 e. The molecule has 0 saturated carbocycles. The summed E-state index contributed by atoms with van der Waals surface area (Å²) in [7, 11) is 0. The number of rotatable bonds is 3. The zero-order valence-corrected chi connectivity index (χ0v) is 14.3. The predicted octanol–water partition coefficient (Wildman–Crippen LogP) is 4.10. The zero-order chi connectivity index (χ0) is 19.3. The molecule has 0 fully saturated rings. The lowest BCUT2D eigenvalue weighted by Crippen LogP contribution is -2.32. The van der Waals surface area contributed by atoms with Gasteiger partial charge in [-0.3, -0.25) is 9.59 Å². The fourth-order valence-corrected chi connectivity index (χ4v) is 2.21. The summed E-state index contributed by atoms with van der Waals surface area (Å²) in [5.74, 6) is -2.31. The number of alkyl halides is 3. The van der Waals surface area contributed by atoms with E-state index in [2.05, 4.69) is 10.4 Å². The van der Waals surface area contributed by atoms with Crippen LogP contribution in [0.25, 0.3) is 0 Å². The van der Waals surface area contributed by atoms with E-state index >= 15 is 0 Å². The summed E-state index contributed by atoms with van der Waals surface area (Å²) < 4.78 is 38.5. The van der Waals surface area contributed by atoms with Crippen LogP contribution in [-0.4, -0.2) is 18.0 Å². The van der Waals surface area contributed by atoms with Gasteiger partial charge in [-0.1, -0.05) is 47.5 Å². The van der Waals surface area contributed by atoms with Gasteiger partial charge in [0.15, 0.2) is 0 Å². The topological polar surface area (TPSA) is 70.6 Å². The maximum absolute atomic E-state index is 12.8. The molecule has 2 N–H and O–H groups in total. The van der Waals surface area contributed by atoms with Crippen molar-refractivity contribution >= 4 is 46.9 Å². The van der Waals surface area contributed by atoms with Crippen molar-refractivity contribution in [1.82, 2.24) is 5.43 Å². The highest BCUT2D eigenvalue weighted by Crippen LogP contribution is 2.31. The number of hydrogen-bond donors (Lipinski definition) is 2. The lowest BCUT2D eigenvalue weighted by molar-refractivity contribution is -0.137. The van der Waals surface area contributed by atoms with Gasteiger partial charge in [-0.05, 0) is 18.2 Å². The van der Waals surface area contributed by atoms with Gasteiger partial charge in [0.25, 0.3) is 0 Å². The Bertz CT molecular complexity index is 870. The first kappa shape index (κ1) is 19.7. The van der Waals surface area contributed by atoms with Crippen LogP contribution >= 0.6 is 23.2 Å². The molecule has 26 heavy (non-hydrogen) atoms. The SMILES string of the molecule is O=C(N/N=C\c1ccccc1C(F)(F)F)C(=O)Nc1cccc(Cl)c1Cl. The highest BCUT2D eigenvalue weighted by atomic mass is 35.5. The van der Waals surface area contributed by atoms with E-state index in [1.807, 2.05) is 5.43 Å². The van der Waals surface area contributed by atoms with E-state index < -0.39 is 23.6 Å². The standard InChI is InChI=1S/C16H10Cl2F3N3O2/c17-11-6-3-7-12(13(11)18)23-14(25)15(26)24-22-8-9-4-1-2-5-10(9)16(19,20)21/h1-8H,(H,23,25)(H,24,26)/b22-8-. The minimum Gasteiger partial charge on any atom is -0.316 e. The lowest BCUT2D eigenvalue weighted by Gasteiger charge is -2.09. The Morgan fingerprint density at radius 1 is 1.00 bits per heavy atom. The molecular formula is C16H10Cl2F3N3O2. The molecule has 0 aromatic heterocycles. The van der Waals surface area contributed by atoms with Crippen LogP contribution in [0.5, 0.6) is 0 Å². The first-order chi connectivity index (χ1) is 12.2. The number of anilines is 1. The average molecular weight is 404 g/mol. The number of nitrogens with one attached hydrogen (secondary N) is 2. The number of nitrogens with zero attached hydrogens (tertiary/aromatic N) is 1. The normalized spacial score (nSPS) is 11.4. The molecule has 0 unspecified atom stereocenters. The van der Waals surface area contributed by atoms with Crippen molar-refractivity contribution in [3.63, 3.8) is 0 Å². The Labute approximate surface area is 155 Å². The summed E-state index contributed by atoms with van der Waals surface area (Å²) in [4.78, 5) is 23.4. The number of carbonyl (C=O) groups excluding carboxylic acids is 2. The fraction of sp³-hybridized carbons (Fsp3) is 0.0625. The van der Waals surface area contributed by atoms with E-state index in [0.29, 0.717) is 0 Å². The van der Waals surface area contributed by atoms with Crippen LogP contribution in [0.3, 0.4) is 0 Å². The van der Waals surface area contributed by atoms with Crippen LogP contribution in [0, 0.1) is 0 Å². The molecule has 136 valence electrons. The van der Waals surface area contributed by atoms with E-state index in [4.69, 9.17) is 23.2 Å². The van der Waals surface area contributed by atoms with E-state index in [9.17, 15) is 22.8 Å². The molecule has 2 rings (SSSR count). The Morgan fingerprint density at radius 3 is 2.38 bits per heavy atom. The third kappa shape index (κ3) is 4.96. The molecule has 10 heteroatoms. The average Bonchev–Trinajstić information content (AvgIpc) is 2.58. The second kappa shape index (κ2) is 8.20. The number of halogens is 5. The molecule has 0 spiro atoms. The second-order valence-electron chi connectivity index (χ2n) is 4.84. The van der Waals surface area contributed by atoms with Crippen LogP contribution in [0.1, 0.15) is 11.1 Å². The lowest BCUT2D eigenvalue weighted by atomic mass is 10.1. The van der Waals surface area contributed by atoms with Gasteiger partial charge in [0.05, 0.1) is 27.5 Å². The predicted molar refractivity (Wildman–Crippen MR) is 92.3 cm³/mol. The van der Waals surface area contributed by atoms with Gasteiger partial charge < -0.3 is 5.32 Å². The fourth-order valence-electron chi connectivity index (χ4n) is 1.86. The number of hydrogen-bond acceptors (Lipinski definition) is 3. The summed E-state index contributed by atoms with van der Waals surface area (Å²) in [5.41, 5.74) is 0.753. The highest BCUT2D eigenvalue weighted by Gasteiger charge is 2.32. The Hall–Kier alpha value is -2.58. The van der Waals surface area contributed by atoms with Crippen LogP contribution in [0.4, 0.5) is 18.9 Å². The molecular weight excluding hydrogens is 394 g/mol. The minimum atomic E-state index is -4.58. The van der Waals surface area contributed by atoms with Crippen LogP contribution in [0.2, 0.25) is 10.0 Å². The van der Waals surface area contributed by atoms with Gasteiger partial charge in [-0.15, -0.1) is 0 Å². The van der Waals surface area contributed by atoms with Gasteiger partial charge in [-0.2, -0.15) is 18.3 Å². The molecule has 5 nitrogen and oxygen atoms in total. The molecule has 0 radical (unpaired) electrons. The monoisotopic (exact) mass is 403 g/mol. The number of carbonyl (C=O) groups is 2. The Morgan fingerprint density at radius 2 is 1.69 bits per heavy atom. The molecule has 0 heterocycles. The molecule has 2 aromatic carbocycles. The summed E-state index contributed by atoms with van der Waals surface area (Å²) >= 11 is 11.7. The second-order valence-corrected chi connectivity index (χ2v) is 5.62. The van der Waals surface area contributed by atoms with Crippen LogP contribution in [0.15, 0.2) is 47.6 Å². The van der Waals surface area contributed by atoms with Crippen molar-refractivity contribution in [3.8, 4) is 0 Å². The zero-order valence-electron chi connectivity index (χ0n) is 12.8. The van der Waals surface area contributed by atoms with Crippen LogP contribution < -0.4 is 10.7 Å². The molecule has 0 aliphatic rings. The molecule has 0 aliphatic carbocycles. The summed E-state index contributed by atoms with van der Waals surface area (Å²) in [6, 6.07) is 9.06. The van der Waals surface area contributed by atoms with Crippen LogP contribution in [-0.2, 0) is 15.8 Å². The molecule has 2 aromatic rings. The van der Waals surface area contributed by atoms with Gasteiger partial charge >= 0.3 is 18.0 Å². The van der Waals surface area contributed by atoms with Crippen molar-refractivity contribution in [2.75, 3.05) is 5.32 Å². The molecule has 0 aliphatic heterocycles. The maximum atomic E-state index is 12.8. The summed E-state index contributed by atoms with van der Waals surface area (Å²) in [6.45, 7) is 0. The van der Waals surface area contributed by atoms with Crippen molar-refractivity contribution in [2.24, 2.45) is 5.10 Å². The van der Waals surface area contributed by atoms with E-state index in [1.165, 1.54) is 36.4 Å². The first-order valence-corrected chi connectivity index (χ1v) is 7.70. The molecule has 0 saturated heterocycles. The van der Waals surface area contributed by atoms with Gasteiger partial charge in [0, 0.05) is 5.56 Å². The summed E-state index contributed by atoms with van der Waals surface area (Å²) in [6.07, 6.45) is -3.78. The van der Waals surface area contributed by atoms with Gasteiger partial charge in [-0.25, -0.2) is 5.43 Å². The maximum Gasteiger partial charge on any atom is 0.417 e. The van der Waals surface area contributed by atoms with E-state index in [0.717, 1.165) is 12.3 Å². The van der Waals surface area contributed by atoms with Gasteiger partial charge in [0.1, 0.15) is 0 Å². The highest BCUT2D eigenvalue weighted by molar-refractivity contribution is 6.45. The Balaban J connectivity index is 2.04. The number of hydrazone groups is 1. The van der Waals surface area contributed by atoms with E-state index in [1.54, 1.807) is 0 Å².